The van der Waals surface area contributed by atoms with Gasteiger partial charge in [-0.15, -0.1) is 0 Å². The van der Waals surface area contributed by atoms with Crippen LogP contribution in [0, 0.1) is 0 Å². The molecule has 0 aliphatic heterocycles. The van der Waals surface area contributed by atoms with Gasteiger partial charge in [0.1, 0.15) is 0 Å². The largest absolute Gasteiger partial charge is 0.376 e. The molecule has 0 fully saturated rings. The Labute approximate surface area is 135 Å². The zero-order chi connectivity index (χ0) is 14.5. The van der Waals surface area contributed by atoms with E-state index in [1.165, 1.54) is 0 Å². The van der Waals surface area contributed by atoms with E-state index < -0.39 is 0 Å². The SMILES string of the molecule is O=C(CNc1ccc(Br)c(Cl)c1)Nc1ccc(Cl)cc1. The summed E-state index contributed by atoms with van der Waals surface area (Å²) in [4.78, 5) is 11.8. The lowest BCUT2D eigenvalue weighted by Crippen LogP contribution is -2.21. The van der Waals surface area contributed by atoms with Crippen LogP contribution in [0.2, 0.25) is 10.0 Å². The third kappa shape index (κ3) is 4.40. The molecule has 1 amide bonds. The van der Waals surface area contributed by atoms with Crippen molar-refractivity contribution >= 4 is 56.4 Å². The minimum Gasteiger partial charge on any atom is -0.376 e. The maximum Gasteiger partial charge on any atom is 0.243 e. The number of hydrogen-bond acceptors (Lipinski definition) is 2. The summed E-state index contributed by atoms with van der Waals surface area (Å²) in [6.07, 6.45) is 0. The number of anilines is 2. The molecule has 0 saturated heterocycles. The first-order valence-electron chi connectivity index (χ1n) is 5.79. The predicted molar refractivity (Wildman–Crippen MR) is 87.7 cm³/mol. The Balaban J connectivity index is 1.88. The van der Waals surface area contributed by atoms with Crippen LogP contribution < -0.4 is 10.6 Å². The zero-order valence-electron chi connectivity index (χ0n) is 10.3. The molecule has 0 heterocycles. The van der Waals surface area contributed by atoms with E-state index in [-0.39, 0.29) is 12.5 Å². The molecule has 0 spiro atoms. The normalized spacial score (nSPS) is 10.2. The van der Waals surface area contributed by atoms with Gasteiger partial charge in [-0.1, -0.05) is 23.2 Å². The smallest absolute Gasteiger partial charge is 0.243 e. The van der Waals surface area contributed by atoms with Crippen molar-refractivity contribution in [3.63, 3.8) is 0 Å². The van der Waals surface area contributed by atoms with Crippen LogP contribution in [-0.2, 0) is 4.79 Å². The lowest BCUT2D eigenvalue weighted by atomic mass is 10.3. The molecule has 0 saturated carbocycles. The summed E-state index contributed by atoms with van der Waals surface area (Å²) in [5, 5.41) is 6.98. The number of amides is 1. The van der Waals surface area contributed by atoms with Crippen molar-refractivity contribution in [2.45, 2.75) is 0 Å². The number of hydrogen-bond donors (Lipinski definition) is 2. The third-order valence-corrected chi connectivity index (χ3v) is 3.99. The molecule has 0 aliphatic rings. The third-order valence-electron chi connectivity index (χ3n) is 2.50. The summed E-state index contributed by atoms with van der Waals surface area (Å²) in [6, 6.07) is 12.3. The minimum absolute atomic E-state index is 0.147. The maximum atomic E-state index is 11.8. The lowest BCUT2D eigenvalue weighted by molar-refractivity contribution is -0.114. The van der Waals surface area contributed by atoms with Gasteiger partial charge in [0.05, 0.1) is 11.6 Å². The highest BCUT2D eigenvalue weighted by atomic mass is 79.9. The van der Waals surface area contributed by atoms with Crippen molar-refractivity contribution < 1.29 is 4.79 Å². The fourth-order valence-electron chi connectivity index (χ4n) is 1.53. The molecule has 0 unspecified atom stereocenters. The highest BCUT2D eigenvalue weighted by Gasteiger charge is 2.03. The van der Waals surface area contributed by atoms with Crippen molar-refractivity contribution in [1.29, 1.82) is 0 Å². The van der Waals surface area contributed by atoms with Crippen LogP contribution in [0.4, 0.5) is 11.4 Å². The van der Waals surface area contributed by atoms with Gasteiger partial charge in [-0.2, -0.15) is 0 Å². The highest BCUT2D eigenvalue weighted by molar-refractivity contribution is 9.10. The zero-order valence-corrected chi connectivity index (χ0v) is 13.4. The Morgan fingerprint density at radius 3 is 2.35 bits per heavy atom. The molecule has 6 heteroatoms. The van der Waals surface area contributed by atoms with Crippen molar-refractivity contribution in [1.82, 2.24) is 0 Å². The van der Waals surface area contributed by atoms with Crippen molar-refractivity contribution in [3.8, 4) is 0 Å². The van der Waals surface area contributed by atoms with E-state index in [0.29, 0.717) is 15.7 Å². The second-order valence-corrected chi connectivity index (χ2v) is 5.74. The Morgan fingerprint density at radius 2 is 1.70 bits per heavy atom. The van der Waals surface area contributed by atoms with Crippen LogP contribution in [0.5, 0.6) is 0 Å². The first-order valence-corrected chi connectivity index (χ1v) is 7.34. The molecule has 3 nitrogen and oxygen atoms in total. The first kappa shape index (κ1) is 15.2. The lowest BCUT2D eigenvalue weighted by Gasteiger charge is -2.08. The number of carbonyl (C=O) groups is 1. The van der Waals surface area contributed by atoms with E-state index in [0.717, 1.165) is 10.2 Å². The molecular formula is C14H11BrCl2N2O. The molecule has 0 aromatic heterocycles. The van der Waals surface area contributed by atoms with Crippen molar-refractivity contribution in [2.75, 3.05) is 17.2 Å². The Kier molecular flexibility index (Phi) is 5.29. The quantitative estimate of drug-likeness (QED) is 0.807. The minimum atomic E-state index is -0.147. The van der Waals surface area contributed by atoms with Gasteiger partial charge in [-0.3, -0.25) is 4.79 Å². The van der Waals surface area contributed by atoms with Crippen LogP contribution >= 0.6 is 39.1 Å². The number of halogens is 3. The van der Waals surface area contributed by atoms with Gasteiger partial charge in [-0.25, -0.2) is 0 Å². The van der Waals surface area contributed by atoms with Gasteiger partial charge < -0.3 is 10.6 Å². The van der Waals surface area contributed by atoms with E-state index in [1.807, 2.05) is 12.1 Å². The maximum absolute atomic E-state index is 11.8. The van der Waals surface area contributed by atoms with Gasteiger partial charge in [0.25, 0.3) is 0 Å². The summed E-state index contributed by atoms with van der Waals surface area (Å²) in [6.45, 7) is 0.153. The molecule has 2 aromatic rings. The molecule has 0 radical (unpaired) electrons. The summed E-state index contributed by atoms with van der Waals surface area (Å²) in [5.74, 6) is -0.147. The molecule has 0 atom stereocenters. The summed E-state index contributed by atoms with van der Waals surface area (Å²) >= 11 is 15.1. The molecule has 2 N–H and O–H groups in total. The second kappa shape index (κ2) is 6.97. The second-order valence-electron chi connectivity index (χ2n) is 4.04. The molecule has 20 heavy (non-hydrogen) atoms. The van der Waals surface area contributed by atoms with Gasteiger partial charge in [-0.05, 0) is 58.4 Å². The average Bonchev–Trinajstić information content (AvgIpc) is 2.43. The van der Waals surface area contributed by atoms with Gasteiger partial charge in [0.15, 0.2) is 0 Å². The molecule has 0 bridgehead atoms. The topological polar surface area (TPSA) is 41.1 Å². The average molecular weight is 374 g/mol. The number of benzene rings is 2. The summed E-state index contributed by atoms with van der Waals surface area (Å²) < 4.78 is 0.815. The van der Waals surface area contributed by atoms with Crippen molar-refractivity contribution in [2.24, 2.45) is 0 Å². The Hall–Kier alpha value is -1.23. The molecule has 0 aliphatic carbocycles. The highest BCUT2D eigenvalue weighted by Crippen LogP contribution is 2.25. The van der Waals surface area contributed by atoms with Crippen LogP contribution in [0.1, 0.15) is 0 Å². The summed E-state index contributed by atoms with van der Waals surface area (Å²) in [7, 11) is 0. The van der Waals surface area contributed by atoms with Gasteiger partial charge >= 0.3 is 0 Å². The van der Waals surface area contributed by atoms with Crippen LogP contribution in [0.25, 0.3) is 0 Å². The van der Waals surface area contributed by atoms with E-state index in [9.17, 15) is 4.79 Å². The fourth-order valence-corrected chi connectivity index (χ4v) is 2.08. The predicted octanol–water partition coefficient (Wildman–Crippen LogP) is 4.81. The Morgan fingerprint density at radius 1 is 1.05 bits per heavy atom. The van der Waals surface area contributed by atoms with E-state index in [1.54, 1.807) is 30.3 Å². The molecular weight excluding hydrogens is 363 g/mol. The molecule has 104 valence electrons. The fraction of sp³-hybridized carbons (Fsp3) is 0.0714. The van der Waals surface area contributed by atoms with E-state index >= 15 is 0 Å². The number of nitrogens with one attached hydrogen (secondary N) is 2. The van der Waals surface area contributed by atoms with E-state index in [4.69, 9.17) is 23.2 Å². The monoisotopic (exact) mass is 372 g/mol. The Bertz CT molecular complexity index is 617. The first-order chi connectivity index (χ1) is 9.54. The number of rotatable bonds is 4. The van der Waals surface area contributed by atoms with Crippen LogP contribution in [-0.4, -0.2) is 12.5 Å². The standard InChI is InChI=1S/C14H11BrCl2N2O/c15-12-6-5-11(7-13(12)17)18-8-14(20)19-10-3-1-9(16)2-4-10/h1-7,18H,8H2,(H,19,20). The van der Waals surface area contributed by atoms with Crippen molar-refractivity contribution in [3.05, 3.63) is 57.0 Å². The van der Waals surface area contributed by atoms with Crippen LogP contribution in [0.15, 0.2) is 46.9 Å². The number of carbonyl (C=O) groups excluding carboxylic acids is 1. The summed E-state index contributed by atoms with van der Waals surface area (Å²) in [5.41, 5.74) is 1.49. The molecule has 2 aromatic carbocycles. The van der Waals surface area contributed by atoms with Gasteiger partial charge in [0, 0.05) is 20.9 Å². The van der Waals surface area contributed by atoms with E-state index in [2.05, 4.69) is 26.6 Å². The van der Waals surface area contributed by atoms with Crippen LogP contribution in [0.3, 0.4) is 0 Å². The van der Waals surface area contributed by atoms with Gasteiger partial charge in [0.2, 0.25) is 5.91 Å². The molecule has 2 rings (SSSR count).